The number of likely N-dealkylation sites (tertiary alicyclic amines) is 1. The number of rotatable bonds is 2. The molecule has 5 heteroatoms. The number of morpholine rings is 1. The molecule has 0 aliphatic carbocycles. The van der Waals surface area contributed by atoms with Gasteiger partial charge in [-0.15, -0.1) is 0 Å². The number of fused-ring (bicyclic) bond motifs is 2. The largest absolute Gasteiger partial charge is 0.378 e. The summed E-state index contributed by atoms with van der Waals surface area (Å²) >= 11 is 0. The van der Waals surface area contributed by atoms with Crippen LogP contribution in [0.15, 0.2) is 0 Å². The van der Waals surface area contributed by atoms with Gasteiger partial charge < -0.3 is 9.64 Å². The molecule has 3 saturated heterocycles. The molecule has 1 atom stereocenters. The van der Waals surface area contributed by atoms with E-state index in [1.807, 2.05) is 4.90 Å². The Kier molecular flexibility index (Phi) is 4.25. The molecular weight excluding hydrogens is 278 g/mol. The van der Waals surface area contributed by atoms with Gasteiger partial charge in [-0.25, -0.2) is 0 Å². The number of ether oxygens (including phenoxy) is 1. The average molecular weight is 309 g/mol. The van der Waals surface area contributed by atoms with Gasteiger partial charge in [-0.2, -0.15) is 0 Å². The first-order chi connectivity index (χ1) is 10.3. The zero-order chi connectivity index (χ0) is 16.0. The summed E-state index contributed by atoms with van der Waals surface area (Å²) < 4.78 is 5.65. The second-order valence-corrected chi connectivity index (χ2v) is 8.57. The van der Waals surface area contributed by atoms with Crippen LogP contribution in [0.2, 0.25) is 0 Å². The van der Waals surface area contributed by atoms with Crippen molar-refractivity contribution in [1.29, 1.82) is 0 Å². The van der Waals surface area contributed by atoms with Gasteiger partial charge in [-0.3, -0.25) is 14.6 Å². The fourth-order valence-corrected chi connectivity index (χ4v) is 4.15. The van der Waals surface area contributed by atoms with Crippen LogP contribution in [0.4, 0.5) is 0 Å². The molecule has 1 spiro atoms. The summed E-state index contributed by atoms with van der Waals surface area (Å²) in [5.74, 6) is 0.206. The minimum Gasteiger partial charge on any atom is -0.378 e. The van der Waals surface area contributed by atoms with Crippen LogP contribution >= 0.6 is 0 Å². The summed E-state index contributed by atoms with van der Waals surface area (Å²) in [6, 6.07) is 0.385. The summed E-state index contributed by atoms with van der Waals surface area (Å²) in [5.41, 5.74) is 0.568. The van der Waals surface area contributed by atoms with Crippen LogP contribution < -0.4 is 0 Å². The van der Waals surface area contributed by atoms with E-state index in [2.05, 4.69) is 30.6 Å². The van der Waals surface area contributed by atoms with Gasteiger partial charge in [0.25, 0.3) is 0 Å². The molecule has 0 saturated carbocycles. The van der Waals surface area contributed by atoms with Crippen molar-refractivity contribution in [2.75, 3.05) is 52.5 Å². The Labute approximate surface area is 134 Å². The van der Waals surface area contributed by atoms with Gasteiger partial charge in [0.1, 0.15) is 0 Å². The van der Waals surface area contributed by atoms with Crippen LogP contribution in [-0.4, -0.2) is 84.7 Å². The summed E-state index contributed by atoms with van der Waals surface area (Å²) in [4.78, 5) is 19.1. The Balaban J connectivity index is 1.64. The SMILES string of the molecule is CC(=O)N1CC2COCCN2C2(CN(CCC(C)(C)C)C2)C1. The highest BCUT2D eigenvalue weighted by atomic mass is 16.5. The van der Waals surface area contributed by atoms with Crippen molar-refractivity contribution in [3.8, 4) is 0 Å². The Morgan fingerprint density at radius 2 is 2.00 bits per heavy atom. The number of carbonyl (C=O) groups excluding carboxylic acids is 1. The topological polar surface area (TPSA) is 36.0 Å². The zero-order valence-electron chi connectivity index (χ0n) is 14.6. The minimum absolute atomic E-state index is 0.177. The predicted octanol–water partition coefficient (Wildman–Crippen LogP) is 1.04. The van der Waals surface area contributed by atoms with Gasteiger partial charge in [0, 0.05) is 39.6 Å². The van der Waals surface area contributed by atoms with Crippen molar-refractivity contribution in [1.82, 2.24) is 14.7 Å². The van der Waals surface area contributed by atoms with Crippen molar-refractivity contribution in [3.63, 3.8) is 0 Å². The van der Waals surface area contributed by atoms with E-state index in [0.717, 1.165) is 45.9 Å². The van der Waals surface area contributed by atoms with E-state index in [-0.39, 0.29) is 11.4 Å². The Morgan fingerprint density at radius 3 is 2.64 bits per heavy atom. The standard InChI is InChI=1S/C17H31N3O2/c1-14(21)19-9-15-10-22-8-7-20(15)17(13-19)11-18(12-17)6-5-16(2,3)4/h15H,5-13H2,1-4H3. The highest BCUT2D eigenvalue weighted by Crippen LogP contribution is 2.36. The average Bonchev–Trinajstić information content (AvgIpc) is 2.41. The summed E-state index contributed by atoms with van der Waals surface area (Å²) in [7, 11) is 0. The molecule has 3 fully saturated rings. The quantitative estimate of drug-likeness (QED) is 0.764. The number of carbonyl (C=O) groups is 1. The molecule has 3 heterocycles. The number of hydrogen-bond donors (Lipinski definition) is 0. The predicted molar refractivity (Wildman–Crippen MR) is 86.8 cm³/mol. The number of piperazine rings is 1. The van der Waals surface area contributed by atoms with Crippen molar-refractivity contribution < 1.29 is 9.53 Å². The summed E-state index contributed by atoms with van der Waals surface area (Å²) in [5, 5.41) is 0. The monoisotopic (exact) mass is 309 g/mol. The highest BCUT2D eigenvalue weighted by Gasteiger charge is 2.54. The Bertz CT molecular complexity index is 426. The lowest BCUT2D eigenvalue weighted by molar-refractivity contribution is -0.174. The van der Waals surface area contributed by atoms with Crippen molar-refractivity contribution in [2.24, 2.45) is 5.41 Å². The molecule has 0 N–H and O–H groups in total. The van der Waals surface area contributed by atoms with E-state index < -0.39 is 0 Å². The molecule has 0 bridgehead atoms. The molecule has 3 aliphatic heterocycles. The van der Waals surface area contributed by atoms with Crippen molar-refractivity contribution in [2.45, 2.75) is 45.7 Å². The number of nitrogens with zero attached hydrogens (tertiary/aromatic N) is 3. The lowest BCUT2D eigenvalue weighted by atomic mass is 9.81. The van der Waals surface area contributed by atoms with Crippen molar-refractivity contribution >= 4 is 5.91 Å². The van der Waals surface area contributed by atoms with E-state index in [1.54, 1.807) is 6.92 Å². The van der Waals surface area contributed by atoms with E-state index in [1.165, 1.54) is 13.0 Å². The van der Waals surface area contributed by atoms with Crippen LogP contribution in [0.1, 0.15) is 34.1 Å². The smallest absolute Gasteiger partial charge is 0.219 e. The number of hydrogen-bond acceptors (Lipinski definition) is 4. The molecule has 1 amide bonds. The molecule has 0 aromatic heterocycles. The second kappa shape index (κ2) is 5.77. The first-order valence-corrected chi connectivity index (χ1v) is 8.61. The first kappa shape index (κ1) is 16.2. The molecular formula is C17H31N3O2. The van der Waals surface area contributed by atoms with Gasteiger partial charge >= 0.3 is 0 Å². The molecule has 126 valence electrons. The molecule has 0 aromatic carbocycles. The highest BCUT2D eigenvalue weighted by molar-refractivity contribution is 5.73. The normalized spacial score (nSPS) is 29.3. The maximum Gasteiger partial charge on any atom is 0.219 e. The fraction of sp³-hybridized carbons (Fsp3) is 0.941. The Morgan fingerprint density at radius 1 is 1.27 bits per heavy atom. The van der Waals surface area contributed by atoms with Gasteiger partial charge in [-0.1, -0.05) is 20.8 Å². The third kappa shape index (κ3) is 3.17. The summed E-state index contributed by atoms with van der Waals surface area (Å²) in [6.45, 7) is 16.3. The minimum atomic E-state index is 0.177. The van der Waals surface area contributed by atoms with Gasteiger partial charge in [0.15, 0.2) is 0 Å². The van der Waals surface area contributed by atoms with Crippen LogP contribution in [0.3, 0.4) is 0 Å². The van der Waals surface area contributed by atoms with E-state index in [0.29, 0.717) is 11.5 Å². The van der Waals surface area contributed by atoms with Gasteiger partial charge in [-0.05, 0) is 18.4 Å². The molecule has 0 aromatic rings. The summed E-state index contributed by atoms with van der Waals surface area (Å²) in [6.07, 6.45) is 1.23. The maximum atomic E-state index is 11.9. The van der Waals surface area contributed by atoms with Crippen LogP contribution in [0.5, 0.6) is 0 Å². The third-order valence-electron chi connectivity index (χ3n) is 5.41. The fourth-order valence-electron chi connectivity index (χ4n) is 4.15. The number of amides is 1. The van der Waals surface area contributed by atoms with E-state index in [4.69, 9.17) is 4.74 Å². The lowest BCUT2D eigenvalue weighted by Crippen LogP contribution is -2.80. The molecule has 22 heavy (non-hydrogen) atoms. The van der Waals surface area contributed by atoms with Crippen LogP contribution in [0.25, 0.3) is 0 Å². The maximum absolute atomic E-state index is 11.9. The van der Waals surface area contributed by atoms with Crippen molar-refractivity contribution in [3.05, 3.63) is 0 Å². The Hall–Kier alpha value is -0.650. The van der Waals surface area contributed by atoms with Crippen LogP contribution in [-0.2, 0) is 9.53 Å². The molecule has 0 radical (unpaired) electrons. The van der Waals surface area contributed by atoms with Gasteiger partial charge in [0.05, 0.1) is 24.8 Å². The van der Waals surface area contributed by atoms with Crippen LogP contribution in [0, 0.1) is 5.41 Å². The van der Waals surface area contributed by atoms with E-state index in [9.17, 15) is 4.79 Å². The third-order valence-corrected chi connectivity index (χ3v) is 5.41. The lowest BCUT2D eigenvalue weighted by Gasteiger charge is -2.63. The van der Waals surface area contributed by atoms with Gasteiger partial charge in [0.2, 0.25) is 5.91 Å². The second-order valence-electron chi connectivity index (χ2n) is 8.57. The molecule has 3 rings (SSSR count). The molecule has 3 aliphatic rings. The van der Waals surface area contributed by atoms with E-state index >= 15 is 0 Å². The molecule has 1 unspecified atom stereocenters. The first-order valence-electron chi connectivity index (χ1n) is 8.61. The molecule has 5 nitrogen and oxygen atoms in total. The zero-order valence-corrected chi connectivity index (χ0v) is 14.6.